The molecule has 1 aliphatic rings. The number of hydrogen-bond donors (Lipinski definition) is 3. The van der Waals surface area contributed by atoms with Gasteiger partial charge in [0.25, 0.3) is 0 Å². The molecule has 3 N–H and O–H groups in total. The van der Waals surface area contributed by atoms with Crippen molar-refractivity contribution in [1.82, 2.24) is 9.78 Å². The molecule has 0 aromatic carbocycles. The summed E-state index contributed by atoms with van der Waals surface area (Å²) in [5.41, 5.74) is 0. The maximum absolute atomic E-state index is 4.30. The summed E-state index contributed by atoms with van der Waals surface area (Å²) in [5, 5.41) is 0. The summed E-state index contributed by atoms with van der Waals surface area (Å²) in [5.74, 6) is 9.85. The molecule has 0 aliphatic heterocycles. The fourth-order valence-electron chi connectivity index (χ4n) is 3.85. The standard InChI is InChI=1S/C5H5.3C4H10N.C3H9Ge.Zr/c1-2-4-5-3-1;3*1-4(2)3-5;1-4(2)3;/h1-3H,4H2;3*4-5H,3H2,1-2H3;1-3H3;/q;3*-1;;+3. The molecule has 0 fully saturated rings. The van der Waals surface area contributed by atoms with Gasteiger partial charge in [0.05, 0.1) is 0 Å². The van der Waals surface area contributed by atoms with Crippen LogP contribution in [0.25, 0.3) is 0 Å². The van der Waals surface area contributed by atoms with Gasteiger partial charge in [-0.1, -0.05) is 0 Å². The first-order chi connectivity index (χ1) is 11.4. The Labute approximate surface area is 159 Å². The molecule has 147 valence electrons. The summed E-state index contributed by atoms with van der Waals surface area (Å²) in [7, 11) is -2.19. The van der Waals surface area contributed by atoms with Crippen LogP contribution in [0.4, 0.5) is 0 Å². The molecule has 25 heavy (non-hydrogen) atoms. The molecule has 0 radical (unpaired) electrons. The third-order valence-corrected chi connectivity index (χ3v) is 71.5. The fraction of sp³-hybridized carbons (Fsp3) is 0.800. The zero-order valence-corrected chi connectivity index (χ0v) is 22.8. The predicted molar refractivity (Wildman–Crippen MR) is 114 cm³/mol. The molecular weight excluding hydrogens is 446 g/mol. The van der Waals surface area contributed by atoms with Gasteiger partial charge in [0.1, 0.15) is 0 Å². The average molecular weight is 490 g/mol. The molecule has 1 rings (SSSR count). The molecule has 1 aliphatic carbocycles. The van der Waals surface area contributed by atoms with Gasteiger partial charge in [-0.05, 0) is 0 Å². The SMILES string of the molecule is CC(C)C[NH][Zr]([NH]CC(C)C)([NH]CC(C)C)([C]1=CC=CC1)[Ge]([CH3])([CH3])[CH3]. The average Bonchev–Trinajstić information content (AvgIpc) is 3.00. The molecule has 0 atom stereocenters. The van der Waals surface area contributed by atoms with Gasteiger partial charge in [-0.3, -0.25) is 0 Å². The molecular formula is C20H44GeN3Zr. The van der Waals surface area contributed by atoms with E-state index in [2.05, 4.69) is 86.8 Å². The molecule has 5 heteroatoms. The first-order valence-corrected chi connectivity index (χ1v) is 28.9. The molecule has 0 unspecified atom stereocenters. The van der Waals surface area contributed by atoms with Crippen LogP contribution in [-0.2, 0) is 17.1 Å². The summed E-state index contributed by atoms with van der Waals surface area (Å²) in [6, 6.07) is 0. The van der Waals surface area contributed by atoms with Gasteiger partial charge in [-0.25, -0.2) is 0 Å². The summed E-state index contributed by atoms with van der Waals surface area (Å²) < 4.78 is 14.6. The van der Waals surface area contributed by atoms with Crippen LogP contribution in [0.2, 0.25) is 17.3 Å². The van der Waals surface area contributed by atoms with E-state index in [1.165, 1.54) is 0 Å². The maximum atomic E-state index is 4.30. The second-order valence-corrected chi connectivity index (χ2v) is 61.5. The van der Waals surface area contributed by atoms with Crippen LogP contribution in [0, 0.1) is 17.8 Å². The van der Waals surface area contributed by atoms with E-state index in [9.17, 15) is 0 Å². The van der Waals surface area contributed by atoms with Crippen LogP contribution in [0.5, 0.6) is 0 Å². The van der Waals surface area contributed by atoms with Crippen LogP contribution in [0.1, 0.15) is 48.0 Å². The molecule has 0 saturated heterocycles. The summed E-state index contributed by atoms with van der Waals surface area (Å²) in [6.07, 6.45) is 8.19. The Balaban J connectivity index is 3.51. The number of nitrogens with one attached hydrogen (secondary N) is 3. The second kappa shape index (κ2) is 9.32. The summed E-state index contributed by atoms with van der Waals surface area (Å²) >= 11 is -3.74. The van der Waals surface area contributed by atoms with Crippen LogP contribution in [0.15, 0.2) is 21.5 Å². The van der Waals surface area contributed by atoms with Crippen molar-refractivity contribution in [3.63, 3.8) is 0 Å². The van der Waals surface area contributed by atoms with Gasteiger partial charge >= 0.3 is 161 Å². The van der Waals surface area contributed by atoms with Crippen molar-refractivity contribution >= 4 is 9.48 Å². The van der Waals surface area contributed by atoms with E-state index in [4.69, 9.17) is 0 Å². The van der Waals surface area contributed by atoms with Gasteiger partial charge in [0.2, 0.25) is 0 Å². The van der Waals surface area contributed by atoms with E-state index in [0.29, 0.717) is 17.8 Å². The molecule has 3 nitrogen and oxygen atoms in total. The predicted octanol–water partition coefficient (Wildman–Crippen LogP) is 4.84. The van der Waals surface area contributed by atoms with Gasteiger partial charge in [-0.15, -0.1) is 0 Å². The first-order valence-electron chi connectivity index (χ1n) is 10.2. The molecule has 0 aromatic heterocycles. The van der Waals surface area contributed by atoms with Crippen molar-refractivity contribution < 1.29 is 17.1 Å². The minimum absolute atomic E-state index is 0.661. The summed E-state index contributed by atoms with van der Waals surface area (Å²) in [6.45, 7) is 17.3. The van der Waals surface area contributed by atoms with Crippen LogP contribution in [-0.4, -0.2) is 29.1 Å². The molecule has 0 bridgehead atoms. The second-order valence-electron chi connectivity index (χ2n) is 10.1. The first kappa shape index (κ1) is 23.8. The molecule has 0 aromatic rings. The van der Waals surface area contributed by atoms with Crippen molar-refractivity contribution in [2.24, 2.45) is 17.8 Å². The Kier molecular flexibility index (Phi) is 8.88. The van der Waals surface area contributed by atoms with E-state index in [1.807, 2.05) is 0 Å². The van der Waals surface area contributed by atoms with E-state index >= 15 is 0 Å². The zero-order chi connectivity index (χ0) is 19.3. The molecule has 0 spiro atoms. The van der Waals surface area contributed by atoms with E-state index in [1.54, 1.807) is 3.28 Å². The van der Waals surface area contributed by atoms with E-state index in [-0.39, 0.29) is 0 Å². The van der Waals surface area contributed by atoms with Crippen molar-refractivity contribution in [3.05, 3.63) is 21.5 Å². The summed E-state index contributed by atoms with van der Waals surface area (Å²) in [4.78, 5) is 0. The van der Waals surface area contributed by atoms with Crippen molar-refractivity contribution in [1.29, 1.82) is 0 Å². The quantitative estimate of drug-likeness (QED) is 0.363. The number of rotatable bonds is 11. The molecule has 0 heterocycles. The fourth-order valence-corrected chi connectivity index (χ4v) is 58.9. The Bertz CT molecular complexity index is 456. The minimum atomic E-state index is -3.74. The Hall–Kier alpha value is 0.786. The van der Waals surface area contributed by atoms with E-state index in [0.717, 1.165) is 26.1 Å². The Morgan fingerprint density at radius 1 is 0.840 bits per heavy atom. The Morgan fingerprint density at radius 2 is 1.24 bits per heavy atom. The van der Waals surface area contributed by atoms with Gasteiger partial charge in [0.15, 0.2) is 0 Å². The van der Waals surface area contributed by atoms with Gasteiger partial charge < -0.3 is 0 Å². The third-order valence-electron chi connectivity index (χ3n) is 5.51. The van der Waals surface area contributed by atoms with Gasteiger partial charge in [0, 0.05) is 0 Å². The molecule has 0 saturated carbocycles. The van der Waals surface area contributed by atoms with Crippen molar-refractivity contribution in [2.75, 3.05) is 19.6 Å². The van der Waals surface area contributed by atoms with Crippen LogP contribution in [0.3, 0.4) is 0 Å². The van der Waals surface area contributed by atoms with E-state index < -0.39 is 26.6 Å². The van der Waals surface area contributed by atoms with Crippen LogP contribution < -0.4 is 9.78 Å². The zero-order valence-electron chi connectivity index (χ0n) is 18.3. The normalized spacial score (nSPS) is 17.4. The topological polar surface area (TPSA) is 36.1 Å². The van der Waals surface area contributed by atoms with Crippen molar-refractivity contribution in [3.8, 4) is 0 Å². The number of allylic oxidation sites excluding steroid dienone is 4. The Morgan fingerprint density at radius 3 is 1.48 bits per heavy atom. The molecule has 0 amide bonds. The van der Waals surface area contributed by atoms with Crippen LogP contribution >= 0.6 is 0 Å². The third kappa shape index (κ3) is 5.41. The van der Waals surface area contributed by atoms with Gasteiger partial charge in [-0.2, -0.15) is 0 Å². The van der Waals surface area contributed by atoms with Crippen molar-refractivity contribution in [2.45, 2.75) is 65.2 Å². The number of hydrogen-bond acceptors (Lipinski definition) is 3. The monoisotopic (exact) mass is 490 g/mol.